The molecule has 0 bridgehead atoms. The number of ether oxygens (including phenoxy) is 3. The molecule has 1 atom stereocenters. The van der Waals surface area contributed by atoms with Crippen molar-refractivity contribution in [3.63, 3.8) is 0 Å². The van der Waals surface area contributed by atoms with E-state index in [1.807, 2.05) is 19.9 Å². The summed E-state index contributed by atoms with van der Waals surface area (Å²) in [5.41, 5.74) is 0.981. The van der Waals surface area contributed by atoms with Gasteiger partial charge in [0, 0.05) is 20.6 Å². The average Bonchev–Trinajstić information content (AvgIpc) is 2.43. The lowest BCUT2D eigenvalue weighted by Crippen LogP contribution is -2.35. The third-order valence-corrected chi connectivity index (χ3v) is 3.67. The van der Waals surface area contributed by atoms with Crippen molar-refractivity contribution >= 4 is 17.6 Å². The number of carbonyl (C=O) groups excluding carboxylic acids is 1. The normalized spacial score (nSPS) is 14.3. The van der Waals surface area contributed by atoms with E-state index in [0.717, 1.165) is 12.0 Å². The largest absolute Gasteiger partial charge is 0.466 e. The standard InChI is InChI=1S/C14H25ClO4/c1-6-19-13(16)12(3)11(2)8-7-9-14(10-15,17-4)18-5/h8,12H,6-7,9-10H2,1-5H3/b11-8-. The lowest BCUT2D eigenvalue weighted by atomic mass is 10.0. The van der Waals surface area contributed by atoms with Gasteiger partial charge in [-0.15, -0.1) is 11.6 Å². The molecule has 4 nitrogen and oxygen atoms in total. The van der Waals surface area contributed by atoms with Gasteiger partial charge in [0.2, 0.25) is 0 Å². The van der Waals surface area contributed by atoms with Crippen LogP contribution in [0.2, 0.25) is 0 Å². The monoisotopic (exact) mass is 292 g/mol. The molecule has 0 saturated heterocycles. The van der Waals surface area contributed by atoms with E-state index in [1.165, 1.54) is 0 Å². The summed E-state index contributed by atoms with van der Waals surface area (Å²) in [6.45, 7) is 5.96. The van der Waals surface area contributed by atoms with Gasteiger partial charge in [-0.25, -0.2) is 0 Å². The van der Waals surface area contributed by atoms with Crippen molar-refractivity contribution in [3.8, 4) is 0 Å². The van der Waals surface area contributed by atoms with Crippen LogP contribution in [-0.2, 0) is 19.0 Å². The van der Waals surface area contributed by atoms with Gasteiger partial charge >= 0.3 is 5.97 Å². The quantitative estimate of drug-likeness (QED) is 0.283. The Kier molecular flexibility index (Phi) is 9.06. The molecule has 112 valence electrons. The molecule has 5 heteroatoms. The first-order chi connectivity index (χ1) is 8.96. The van der Waals surface area contributed by atoms with Gasteiger partial charge in [-0.05, 0) is 27.2 Å². The molecule has 0 aromatic carbocycles. The SMILES string of the molecule is CCOC(=O)C(C)/C(C)=C\CCC(CCl)(OC)OC. The number of esters is 1. The number of hydrogen-bond donors (Lipinski definition) is 0. The molecule has 0 aromatic heterocycles. The predicted molar refractivity (Wildman–Crippen MR) is 76.3 cm³/mol. The summed E-state index contributed by atoms with van der Waals surface area (Å²) in [6, 6.07) is 0. The number of halogens is 1. The van der Waals surface area contributed by atoms with E-state index in [0.29, 0.717) is 13.0 Å². The fourth-order valence-corrected chi connectivity index (χ4v) is 1.96. The molecule has 0 saturated carbocycles. The molecule has 0 heterocycles. The molecule has 0 aliphatic heterocycles. The number of methoxy groups -OCH3 is 2. The highest BCUT2D eigenvalue weighted by Gasteiger charge is 2.27. The van der Waals surface area contributed by atoms with Crippen LogP contribution in [0.4, 0.5) is 0 Å². The second-order valence-electron chi connectivity index (χ2n) is 4.41. The molecule has 1 unspecified atom stereocenters. The minimum Gasteiger partial charge on any atom is -0.466 e. The molecular weight excluding hydrogens is 268 g/mol. The van der Waals surface area contributed by atoms with Crippen molar-refractivity contribution in [1.29, 1.82) is 0 Å². The van der Waals surface area contributed by atoms with Gasteiger partial charge in [0.1, 0.15) is 0 Å². The summed E-state index contributed by atoms with van der Waals surface area (Å²) in [4.78, 5) is 11.6. The first-order valence-electron chi connectivity index (χ1n) is 6.45. The van der Waals surface area contributed by atoms with Crippen molar-refractivity contribution in [2.24, 2.45) is 5.92 Å². The lowest BCUT2D eigenvalue weighted by Gasteiger charge is -2.28. The molecule has 0 aliphatic carbocycles. The van der Waals surface area contributed by atoms with Crippen LogP contribution < -0.4 is 0 Å². The van der Waals surface area contributed by atoms with E-state index in [2.05, 4.69) is 0 Å². The Morgan fingerprint density at radius 3 is 2.37 bits per heavy atom. The highest BCUT2D eigenvalue weighted by atomic mass is 35.5. The Morgan fingerprint density at radius 2 is 1.95 bits per heavy atom. The molecule has 0 aliphatic rings. The second kappa shape index (κ2) is 9.34. The molecule has 19 heavy (non-hydrogen) atoms. The van der Waals surface area contributed by atoms with Crippen LogP contribution in [0.5, 0.6) is 0 Å². The van der Waals surface area contributed by atoms with Crippen molar-refractivity contribution < 1.29 is 19.0 Å². The summed E-state index contributed by atoms with van der Waals surface area (Å²) in [5.74, 6) is -0.917. The zero-order chi connectivity index (χ0) is 14.9. The van der Waals surface area contributed by atoms with Crippen LogP contribution in [-0.4, -0.2) is 38.5 Å². The average molecular weight is 293 g/mol. The fourth-order valence-electron chi connectivity index (χ4n) is 1.61. The van der Waals surface area contributed by atoms with E-state index in [-0.39, 0.29) is 17.8 Å². The first-order valence-corrected chi connectivity index (χ1v) is 6.99. The van der Waals surface area contributed by atoms with Crippen molar-refractivity contribution in [1.82, 2.24) is 0 Å². The Morgan fingerprint density at radius 1 is 1.37 bits per heavy atom. The summed E-state index contributed by atoms with van der Waals surface area (Å²) in [6.07, 6.45) is 3.36. The maximum Gasteiger partial charge on any atom is 0.312 e. The lowest BCUT2D eigenvalue weighted by molar-refractivity contribution is -0.193. The van der Waals surface area contributed by atoms with E-state index in [1.54, 1.807) is 21.1 Å². The van der Waals surface area contributed by atoms with Crippen molar-refractivity contribution in [3.05, 3.63) is 11.6 Å². The van der Waals surface area contributed by atoms with Crippen LogP contribution in [0.25, 0.3) is 0 Å². The summed E-state index contributed by atoms with van der Waals surface area (Å²) < 4.78 is 15.6. The number of rotatable bonds is 9. The van der Waals surface area contributed by atoms with Gasteiger partial charge in [-0.1, -0.05) is 11.6 Å². The maximum atomic E-state index is 11.6. The van der Waals surface area contributed by atoms with Crippen LogP contribution in [0.15, 0.2) is 11.6 Å². The molecule has 0 aromatic rings. The van der Waals surface area contributed by atoms with Crippen LogP contribution in [0, 0.1) is 5.92 Å². The molecule has 0 spiro atoms. The Balaban J connectivity index is 4.43. The van der Waals surface area contributed by atoms with Crippen molar-refractivity contribution in [2.75, 3.05) is 26.7 Å². The summed E-state index contributed by atoms with van der Waals surface area (Å²) in [5, 5.41) is 0. The van der Waals surface area contributed by atoms with E-state index in [4.69, 9.17) is 25.8 Å². The van der Waals surface area contributed by atoms with Gasteiger partial charge in [0.15, 0.2) is 5.79 Å². The van der Waals surface area contributed by atoms with E-state index in [9.17, 15) is 4.79 Å². The van der Waals surface area contributed by atoms with E-state index >= 15 is 0 Å². The van der Waals surface area contributed by atoms with Crippen molar-refractivity contribution in [2.45, 2.75) is 39.4 Å². The fraction of sp³-hybridized carbons (Fsp3) is 0.786. The zero-order valence-corrected chi connectivity index (χ0v) is 13.3. The highest BCUT2D eigenvalue weighted by Crippen LogP contribution is 2.22. The molecule has 0 N–H and O–H groups in total. The second-order valence-corrected chi connectivity index (χ2v) is 4.68. The zero-order valence-electron chi connectivity index (χ0n) is 12.5. The molecule has 0 amide bonds. The first kappa shape index (κ1) is 18.4. The van der Waals surface area contributed by atoms with Gasteiger partial charge in [0.25, 0.3) is 0 Å². The van der Waals surface area contributed by atoms with Gasteiger partial charge in [-0.2, -0.15) is 0 Å². The Hall–Kier alpha value is -0.580. The summed E-state index contributed by atoms with van der Waals surface area (Å²) >= 11 is 5.85. The number of alkyl halides is 1. The Labute approximate surface area is 121 Å². The molecule has 0 radical (unpaired) electrons. The molecule has 0 fully saturated rings. The predicted octanol–water partition coefficient (Wildman–Crippen LogP) is 3.14. The maximum absolute atomic E-state index is 11.6. The number of hydrogen-bond acceptors (Lipinski definition) is 4. The third kappa shape index (κ3) is 5.93. The highest BCUT2D eigenvalue weighted by molar-refractivity contribution is 6.18. The van der Waals surface area contributed by atoms with Crippen LogP contribution in [0.1, 0.15) is 33.6 Å². The van der Waals surface area contributed by atoms with Gasteiger partial charge in [-0.3, -0.25) is 4.79 Å². The third-order valence-electron chi connectivity index (χ3n) is 3.26. The van der Waals surface area contributed by atoms with Gasteiger partial charge < -0.3 is 14.2 Å². The molecule has 0 rings (SSSR count). The Bertz CT molecular complexity index is 290. The van der Waals surface area contributed by atoms with Gasteiger partial charge in [0.05, 0.1) is 18.4 Å². The minimum atomic E-state index is -0.758. The number of allylic oxidation sites excluding steroid dienone is 1. The minimum absolute atomic E-state index is 0.196. The summed E-state index contributed by atoms with van der Waals surface area (Å²) in [7, 11) is 3.15. The van der Waals surface area contributed by atoms with Crippen LogP contribution in [0.3, 0.4) is 0 Å². The number of carbonyl (C=O) groups is 1. The topological polar surface area (TPSA) is 44.8 Å². The van der Waals surface area contributed by atoms with E-state index < -0.39 is 5.79 Å². The molecular formula is C14H25ClO4. The van der Waals surface area contributed by atoms with Crippen LogP contribution >= 0.6 is 11.6 Å². The smallest absolute Gasteiger partial charge is 0.312 e.